The van der Waals surface area contributed by atoms with Crippen molar-refractivity contribution >= 4 is 39.1 Å². The van der Waals surface area contributed by atoms with Crippen LogP contribution in [0.15, 0.2) is 28.5 Å². The Balaban J connectivity index is 1.77. The zero-order valence-electron chi connectivity index (χ0n) is 14.5. The summed E-state index contributed by atoms with van der Waals surface area (Å²) in [5, 5.41) is 4.70. The lowest BCUT2D eigenvalue weighted by Gasteiger charge is -2.14. The minimum absolute atomic E-state index is 0.00993. The molecule has 1 unspecified atom stereocenters. The van der Waals surface area contributed by atoms with E-state index < -0.39 is 0 Å². The van der Waals surface area contributed by atoms with Crippen LogP contribution in [0.1, 0.15) is 52.9 Å². The minimum atomic E-state index is -0.305. The van der Waals surface area contributed by atoms with Crippen LogP contribution >= 0.6 is 21.6 Å². The van der Waals surface area contributed by atoms with E-state index in [9.17, 15) is 9.59 Å². The Bertz CT molecular complexity index is 573. The average Bonchev–Trinajstić information content (AvgIpc) is 3.03. The second kappa shape index (κ2) is 9.47. The van der Waals surface area contributed by atoms with E-state index in [1.54, 1.807) is 19.1 Å². The molecule has 132 valence electrons. The van der Waals surface area contributed by atoms with E-state index in [2.05, 4.69) is 5.16 Å². The van der Waals surface area contributed by atoms with E-state index in [1.807, 2.05) is 35.4 Å². The van der Waals surface area contributed by atoms with Gasteiger partial charge in [-0.05, 0) is 49.8 Å². The number of hydrogen-bond donors (Lipinski definition) is 0. The third-order valence-electron chi connectivity index (χ3n) is 4.08. The van der Waals surface area contributed by atoms with Crippen LogP contribution in [-0.4, -0.2) is 28.5 Å². The molecule has 2 rings (SSSR count). The fraction of sp³-hybridized carbons (Fsp3) is 0.611. The molecule has 0 aromatic rings. The summed E-state index contributed by atoms with van der Waals surface area (Å²) in [6.07, 6.45) is 8.01. The predicted molar refractivity (Wildman–Crippen MR) is 102 cm³/mol. The molecule has 2 aliphatic rings. The van der Waals surface area contributed by atoms with Crippen LogP contribution < -0.4 is 0 Å². The maximum atomic E-state index is 11.9. The maximum Gasteiger partial charge on any atom is 0.335 e. The summed E-state index contributed by atoms with van der Waals surface area (Å²) in [7, 11) is 3.92. The average molecular weight is 368 g/mol. The van der Waals surface area contributed by atoms with Crippen LogP contribution in [0.25, 0.3) is 0 Å². The number of carbonyl (C=O) groups excluding carboxylic acids is 2. The lowest BCUT2D eigenvalue weighted by molar-refractivity contribution is -0.143. The third-order valence-corrected chi connectivity index (χ3v) is 7.09. The number of oxime groups is 1. The largest absolute Gasteiger partial charge is 0.335 e. The first-order valence-corrected chi connectivity index (χ1v) is 10.9. The van der Waals surface area contributed by atoms with E-state index in [-0.39, 0.29) is 17.7 Å². The highest BCUT2D eigenvalue weighted by atomic mass is 33.1. The zero-order chi connectivity index (χ0) is 17.5. The number of unbranched alkanes of at least 4 members (excludes halogenated alkanes) is 1. The molecule has 6 heteroatoms. The van der Waals surface area contributed by atoms with Gasteiger partial charge in [-0.3, -0.25) is 4.79 Å². The van der Waals surface area contributed by atoms with E-state index in [4.69, 9.17) is 4.84 Å². The highest BCUT2D eigenvalue weighted by Gasteiger charge is 2.19. The lowest BCUT2D eigenvalue weighted by Crippen LogP contribution is -2.16. The summed E-state index contributed by atoms with van der Waals surface area (Å²) in [4.78, 5) is 28.8. The quantitative estimate of drug-likeness (QED) is 0.214. The monoisotopic (exact) mass is 367 g/mol. The normalized spacial score (nSPS) is 22.8. The van der Waals surface area contributed by atoms with Gasteiger partial charge in [0.2, 0.25) is 0 Å². The molecule has 0 aromatic carbocycles. The second-order valence-electron chi connectivity index (χ2n) is 6.46. The SMILES string of the molecule is CC1=CC(=O)C(C(C)C)=C/C1=N\OC(=O)CCCCC1CCSS1. The summed E-state index contributed by atoms with van der Waals surface area (Å²) >= 11 is 0. The first kappa shape index (κ1) is 19.3. The third kappa shape index (κ3) is 5.81. The van der Waals surface area contributed by atoms with E-state index in [0.29, 0.717) is 17.7 Å². The van der Waals surface area contributed by atoms with Gasteiger partial charge in [0, 0.05) is 23.0 Å². The summed E-state index contributed by atoms with van der Waals surface area (Å²) < 4.78 is 0. The Morgan fingerprint density at radius 3 is 2.83 bits per heavy atom. The zero-order valence-corrected chi connectivity index (χ0v) is 16.2. The van der Waals surface area contributed by atoms with Gasteiger partial charge in [0.15, 0.2) is 5.78 Å². The Hall–Kier alpha value is -1.01. The number of nitrogens with zero attached hydrogens (tertiary/aromatic N) is 1. The smallest absolute Gasteiger partial charge is 0.318 e. The molecule has 4 nitrogen and oxygen atoms in total. The van der Waals surface area contributed by atoms with E-state index in [1.165, 1.54) is 18.6 Å². The molecule has 0 amide bonds. The van der Waals surface area contributed by atoms with Gasteiger partial charge < -0.3 is 4.84 Å². The van der Waals surface area contributed by atoms with E-state index >= 15 is 0 Å². The molecule has 1 aliphatic heterocycles. The van der Waals surface area contributed by atoms with Crippen molar-refractivity contribution in [3.8, 4) is 0 Å². The van der Waals surface area contributed by atoms with Gasteiger partial charge >= 0.3 is 5.97 Å². The molecular weight excluding hydrogens is 342 g/mol. The number of ketones is 1. The van der Waals surface area contributed by atoms with Crippen molar-refractivity contribution in [2.75, 3.05) is 5.75 Å². The fourth-order valence-electron chi connectivity index (χ4n) is 2.59. The molecule has 24 heavy (non-hydrogen) atoms. The van der Waals surface area contributed by atoms with Gasteiger partial charge in [-0.15, -0.1) is 0 Å². The lowest BCUT2D eigenvalue weighted by atomic mass is 9.90. The van der Waals surface area contributed by atoms with E-state index in [0.717, 1.165) is 23.7 Å². The standard InChI is InChI=1S/C18H25NO3S2/c1-12(2)15-11-16(13(3)10-17(15)20)19-22-18(21)7-5-4-6-14-8-9-23-24-14/h10-12,14H,4-9H2,1-3H3/b19-16+. The maximum absolute atomic E-state index is 11.9. The molecule has 1 aliphatic carbocycles. The Labute approximate surface area is 151 Å². The molecule has 1 fully saturated rings. The molecule has 0 spiro atoms. The van der Waals surface area contributed by atoms with Crippen LogP contribution in [0.3, 0.4) is 0 Å². The van der Waals surface area contributed by atoms with Crippen molar-refractivity contribution in [1.82, 2.24) is 0 Å². The second-order valence-corrected chi connectivity index (χ2v) is 9.25. The van der Waals surface area contributed by atoms with Gasteiger partial charge in [-0.2, -0.15) is 0 Å². The molecule has 0 bridgehead atoms. The topological polar surface area (TPSA) is 55.7 Å². The van der Waals surface area contributed by atoms with Crippen molar-refractivity contribution in [1.29, 1.82) is 0 Å². The van der Waals surface area contributed by atoms with Gasteiger partial charge in [-0.1, -0.05) is 47.0 Å². The number of hydrogen-bond acceptors (Lipinski definition) is 6. The summed E-state index contributed by atoms with van der Waals surface area (Å²) in [6.45, 7) is 5.72. The minimum Gasteiger partial charge on any atom is -0.318 e. The summed E-state index contributed by atoms with van der Waals surface area (Å²) in [6, 6.07) is 0. The number of carbonyl (C=O) groups is 2. The number of rotatable bonds is 7. The van der Waals surface area contributed by atoms with Crippen LogP contribution in [0.4, 0.5) is 0 Å². The predicted octanol–water partition coefficient (Wildman–Crippen LogP) is 4.71. The molecule has 0 aromatic heterocycles. The van der Waals surface area contributed by atoms with Crippen LogP contribution in [-0.2, 0) is 14.4 Å². The van der Waals surface area contributed by atoms with Crippen LogP contribution in [0.2, 0.25) is 0 Å². The Morgan fingerprint density at radius 2 is 2.17 bits per heavy atom. The highest BCUT2D eigenvalue weighted by Crippen LogP contribution is 2.39. The molecule has 1 saturated heterocycles. The Morgan fingerprint density at radius 1 is 1.38 bits per heavy atom. The van der Waals surface area contributed by atoms with Gasteiger partial charge in [0.25, 0.3) is 0 Å². The Kier molecular flexibility index (Phi) is 7.62. The fourth-order valence-corrected chi connectivity index (χ4v) is 5.61. The number of allylic oxidation sites excluding steroid dienone is 4. The summed E-state index contributed by atoms with van der Waals surface area (Å²) in [5.41, 5.74) is 1.99. The van der Waals surface area contributed by atoms with Gasteiger partial charge in [0.05, 0.1) is 0 Å². The highest BCUT2D eigenvalue weighted by molar-refractivity contribution is 8.77. The molecule has 0 saturated carbocycles. The van der Waals surface area contributed by atoms with Crippen molar-refractivity contribution in [2.45, 2.75) is 58.1 Å². The van der Waals surface area contributed by atoms with Crippen molar-refractivity contribution in [3.63, 3.8) is 0 Å². The van der Waals surface area contributed by atoms with Crippen molar-refractivity contribution in [2.24, 2.45) is 11.1 Å². The first-order valence-electron chi connectivity index (χ1n) is 8.48. The van der Waals surface area contributed by atoms with Gasteiger partial charge in [-0.25, -0.2) is 4.79 Å². The van der Waals surface area contributed by atoms with Crippen molar-refractivity contribution in [3.05, 3.63) is 23.3 Å². The summed E-state index contributed by atoms with van der Waals surface area (Å²) in [5.74, 6) is 1.07. The molecule has 0 N–H and O–H groups in total. The molecule has 0 radical (unpaired) electrons. The van der Waals surface area contributed by atoms with Crippen LogP contribution in [0.5, 0.6) is 0 Å². The van der Waals surface area contributed by atoms with Gasteiger partial charge in [0.1, 0.15) is 5.71 Å². The van der Waals surface area contributed by atoms with Crippen LogP contribution in [0, 0.1) is 5.92 Å². The molecule has 1 atom stereocenters. The van der Waals surface area contributed by atoms with Crippen molar-refractivity contribution < 1.29 is 14.4 Å². The molecular formula is C18H25NO3S2. The first-order chi connectivity index (χ1) is 11.5. The molecule has 1 heterocycles.